The van der Waals surface area contributed by atoms with E-state index in [-0.39, 0.29) is 45.7 Å². The zero-order valence-corrected chi connectivity index (χ0v) is 33.0. The molecule has 0 spiro atoms. The average molecular weight is 757 g/mol. The fourth-order valence-electron chi connectivity index (χ4n) is 4.19. The van der Waals surface area contributed by atoms with Crippen LogP contribution in [0.2, 0.25) is 0 Å². The van der Waals surface area contributed by atoms with Crippen LogP contribution in [0.15, 0.2) is 0 Å². The maximum atomic E-state index is 10.1. The van der Waals surface area contributed by atoms with Crippen molar-refractivity contribution in [3.63, 3.8) is 0 Å². The zero-order chi connectivity index (χ0) is 34.7. The molecule has 0 amide bonds. The first kappa shape index (κ1) is 53.3. The van der Waals surface area contributed by atoms with Crippen molar-refractivity contribution in [2.24, 2.45) is 0 Å². The van der Waals surface area contributed by atoms with E-state index in [2.05, 4.69) is 33.3 Å². The summed E-state index contributed by atoms with van der Waals surface area (Å²) in [5, 5.41) is 0. The van der Waals surface area contributed by atoms with Gasteiger partial charge in [0.15, 0.2) is 0 Å². The van der Waals surface area contributed by atoms with Gasteiger partial charge in [0.1, 0.15) is 0 Å². The van der Waals surface area contributed by atoms with Crippen molar-refractivity contribution in [1.82, 2.24) is 0 Å². The summed E-state index contributed by atoms with van der Waals surface area (Å²) in [6.07, 6.45) is 26.7. The Morgan fingerprint density at radius 3 is 0.630 bits per heavy atom. The van der Waals surface area contributed by atoms with E-state index in [1.807, 2.05) is 0 Å². The first-order chi connectivity index (χ1) is 21.2. The van der Waals surface area contributed by atoms with Crippen molar-refractivity contribution < 1.29 is 77.3 Å². The summed E-state index contributed by atoms with van der Waals surface area (Å²) in [6.45, 7) is 6.63. The quantitative estimate of drug-likeness (QED) is 0.0392. The summed E-state index contributed by atoms with van der Waals surface area (Å²) in [6, 6.07) is 0. The SMILES string of the molecule is CCCCCCCCCCOS(=O)(=O)[O-].CCCCCCCCCCOS(=O)(=O)[O-].CCCCCCCCCCOS(=O)(=O)[O-].[Sc+3]. The molecule has 0 aromatic carbocycles. The van der Waals surface area contributed by atoms with Gasteiger partial charge in [-0.2, -0.15) is 0 Å². The molecule has 276 valence electrons. The second-order valence-electron chi connectivity index (χ2n) is 11.1. The van der Waals surface area contributed by atoms with E-state index in [9.17, 15) is 38.9 Å². The predicted octanol–water partition coefficient (Wildman–Crippen LogP) is 7.81. The van der Waals surface area contributed by atoms with Gasteiger partial charge in [-0.25, -0.2) is 25.3 Å². The Bertz CT molecular complexity index is 797. The molecule has 0 fully saturated rings. The Morgan fingerprint density at radius 2 is 0.478 bits per heavy atom. The Balaban J connectivity index is -0.000000285. The van der Waals surface area contributed by atoms with E-state index in [0.717, 1.165) is 38.5 Å². The number of hydrogen-bond acceptors (Lipinski definition) is 12. The number of unbranched alkanes of at least 4 members (excludes halogenated alkanes) is 21. The van der Waals surface area contributed by atoms with Gasteiger partial charge in [-0.3, -0.25) is 12.5 Å². The fourth-order valence-corrected chi connectivity index (χ4v) is 5.16. The molecule has 0 saturated heterocycles. The molecule has 0 saturated carbocycles. The van der Waals surface area contributed by atoms with E-state index in [4.69, 9.17) is 0 Å². The van der Waals surface area contributed by atoms with Crippen molar-refractivity contribution >= 4 is 31.2 Å². The van der Waals surface area contributed by atoms with Crippen LogP contribution in [0.3, 0.4) is 0 Å². The summed E-state index contributed by atoms with van der Waals surface area (Å²) >= 11 is 0. The number of rotatable bonds is 30. The molecule has 0 aliphatic carbocycles. The second kappa shape index (κ2) is 38.3. The number of hydrogen-bond donors (Lipinski definition) is 0. The van der Waals surface area contributed by atoms with Gasteiger partial charge in [0, 0.05) is 0 Å². The van der Waals surface area contributed by atoms with Crippen molar-refractivity contribution in [2.75, 3.05) is 19.8 Å². The standard InChI is InChI=1S/3C10H22O4S.Sc/c3*1-2-3-4-5-6-7-8-9-10-14-15(11,12)13;/h3*2-10H2,1H3,(H,11,12,13);/q;;;+3/p-3. The smallest absolute Gasteiger partial charge is 0.726 e. The molecule has 12 nitrogen and oxygen atoms in total. The summed E-state index contributed by atoms with van der Waals surface area (Å²) in [5.41, 5.74) is 0. The van der Waals surface area contributed by atoms with Gasteiger partial charge in [-0.1, -0.05) is 156 Å². The van der Waals surface area contributed by atoms with Crippen LogP contribution >= 0.6 is 0 Å². The molecule has 0 aliphatic rings. The van der Waals surface area contributed by atoms with Crippen molar-refractivity contribution in [1.29, 1.82) is 0 Å². The Kier molecular flexibility index (Phi) is 44.3. The fraction of sp³-hybridized carbons (Fsp3) is 1.00. The van der Waals surface area contributed by atoms with Crippen LogP contribution in [0.1, 0.15) is 175 Å². The molecular weight excluding hydrogens is 693 g/mol. The van der Waals surface area contributed by atoms with Crippen LogP contribution in [-0.2, 0) is 69.6 Å². The zero-order valence-electron chi connectivity index (χ0n) is 28.8. The van der Waals surface area contributed by atoms with E-state index in [1.165, 1.54) is 96.3 Å². The summed E-state index contributed by atoms with van der Waals surface area (Å²) < 4.78 is 103. The van der Waals surface area contributed by atoms with E-state index in [1.54, 1.807) is 0 Å². The average Bonchev–Trinajstić information content (AvgIpc) is 2.93. The third-order valence-electron chi connectivity index (χ3n) is 6.68. The summed E-state index contributed by atoms with van der Waals surface area (Å²) in [4.78, 5) is 0. The molecule has 0 bridgehead atoms. The molecule has 0 radical (unpaired) electrons. The van der Waals surface area contributed by atoms with E-state index in [0.29, 0.717) is 19.3 Å². The van der Waals surface area contributed by atoms with Gasteiger partial charge in [-0.05, 0) is 19.3 Å². The van der Waals surface area contributed by atoms with Gasteiger partial charge < -0.3 is 13.7 Å². The Hall–Kier alpha value is 0.480. The first-order valence-corrected chi connectivity index (χ1v) is 21.0. The minimum atomic E-state index is -4.48. The summed E-state index contributed by atoms with van der Waals surface area (Å²) in [7, 11) is -13.4. The van der Waals surface area contributed by atoms with Crippen LogP contribution in [-0.4, -0.2) is 58.7 Å². The second-order valence-corrected chi connectivity index (χ2v) is 14.3. The van der Waals surface area contributed by atoms with Crippen LogP contribution < -0.4 is 0 Å². The molecule has 0 atom stereocenters. The van der Waals surface area contributed by atoms with Gasteiger partial charge in [0.05, 0.1) is 19.8 Å². The van der Waals surface area contributed by atoms with Crippen molar-refractivity contribution in [2.45, 2.75) is 175 Å². The maximum Gasteiger partial charge on any atom is 3.00 e. The molecule has 16 heteroatoms. The predicted molar refractivity (Wildman–Crippen MR) is 175 cm³/mol. The van der Waals surface area contributed by atoms with Crippen LogP contribution in [0.5, 0.6) is 0 Å². The molecule has 0 aliphatic heterocycles. The van der Waals surface area contributed by atoms with Crippen molar-refractivity contribution in [3.8, 4) is 0 Å². The molecule has 0 aromatic heterocycles. The van der Waals surface area contributed by atoms with Crippen LogP contribution in [0, 0.1) is 0 Å². The molecular formula is C30H63O12S3Sc. The Labute approximate surface area is 301 Å². The van der Waals surface area contributed by atoms with Gasteiger partial charge in [0.25, 0.3) is 0 Å². The normalized spacial score (nSPS) is 11.6. The third-order valence-corrected chi connectivity index (χ3v) is 8.04. The van der Waals surface area contributed by atoms with E-state index >= 15 is 0 Å². The van der Waals surface area contributed by atoms with Gasteiger partial charge >= 0.3 is 25.8 Å². The third kappa shape index (κ3) is 63.2. The van der Waals surface area contributed by atoms with Crippen LogP contribution in [0.4, 0.5) is 0 Å². The van der Waals surface area contributed by atoms with Crippen molar-refractivity contribution in [3.05, 3.63) is 0 Å². The van der Waals surface area contributed by atoms with Gasteiger partial charge in [-0.15, -0.1) is 0 Å². The molecule has 0 unspecified atom stereocenters. The Morgan fingerprint density at radius 1 is 0.326 bits per heavy atom. The molecule has 0 N–H and O–H groups in total. The van der Waals surface area contributed by atoms with E-state index < -0.39 is 31.2 Å². The monoisotopic (exact) mass is 756 g/mol. The minimum absolute atomic E-state index is 0. The maximum absolute atomic E-state index is 10.1. The minimum Gasteiger partial charge on any atom is -0.726 e. The largest absolute Gasteiger partial charge is 3.00 e. The topological polar surface area (TPSA) is 199 Å². The molecule has 0 heterocycles. The van der Waals surface area contributed by atoms with Crippen LogP contribution in [0.25, 0.3) is 0 Å². The first-order valence-electron chi connectivity index (χ1n) is 17.0. The summed E-state index contributed by atoms with van der Waals surface area (Å²) in [5.74, 6) is 0. The van der Waals surface area contributed by atoms with Gasteiger partial charge in [0.2, 0.25) is 31.2 Å². The molecule has 46 heavy (non-hydrogen) atoms. The molecule has 0 aromatic rings. The molecule has 0 rings (SSSR count).